The van der Waals surface area contributed by atoms with Crippen LogP contribution in [-0.4, -0.2) is 37.5 Å². The van der Waals surface area contributed by atoms with Gasteiger partial charge in [-0.3, -0.25) is 4.79 Å². The average Bonchev–Trinajstić information content (AvgIpc) is 2.42. The van der Waals surface area contributed by atoms with Crippen molar-refractivity contribution >= 4 is 5.91 Å². The molecule has 2 rings (SSSR count). The molecular formula is C15H21FN2O. The third-order valence-corrected chi connectivity index (χ3v) is 3.72. The highest BCUT2D eigenvalue weighted by Crippen LogP contribution is 2.20. The van der Waals surface area contributed by atoms with Gasteiger partial charge in [0.2, 0.25) is 0 Å². The molecule has 1 atom stereocenters. The lowest BCUT2D eigenvalue weighted by molar-refractivity contribution is 0.0669. The van der Waals surface area contributed by atoms with E-state index in [0.717, 1.165) is 25.9 Å². The number of benzene rings is 1. The van der Waals surface area contributed by atoms with E-state index in [1.54, 1.807) is 30.0 Å². The maximum Gasteiger partial charge on any atom is 0.256 e. The van der Waals surface area contributed by atoms with Crippen LogP contribution in [0.25, 0.3) is 0 Å². The molecule has 1 aliphatic heterocycles. The van der Waals surface area contributed by atoms with Crippen LogP contribution in [0.1, 0.15) is 28.8 Å². The quantitative estimate of drug-likeness (QED) is 0.907. The standard InChI is InChI=1S/C15H21FN2O/c1-11-5-3-7-13(14(11)16)15(19)18-8-4-6-12(10-18)9-17-2/h3,5,7,12,17H,4,6,8-10H2,1-2H3/t12-/m0/s1. The number of nitrogens with one attached hydrogen (secondary N) is 1. The average molecular weight is 264 g/mol. The monoisotopic (exact) mass is 264 g/mol. The molecule has 104 valence electrons. The number of piperidine rings is 1. The van der Waals surface area contributed by atoms with Gasteiger partial charge in [0.25, 0.3) is 5.91 Å². The summed E-state index contributed by atoms with van der Waals surface area (Å²) >= 11 is 0. The van der Waals surface area contributed by atoms with Crippen molar-refractivity contribution in [3.8, 4) is 0 Å². The molecule has 1 fully saturated rings. The van der Waals surface area contributed by atoms with Crippen LogP contribution in [-0.2, 0) is 0 Å². The number of rotatable bonds is 3. The minimum atomic E-state index is -0.386. The Morgan fingerprint density at radius 2 is 2.32 bits per heavy atom. The van der Waals surface area contributed by atoms with E-state index in [1.807, 2.05) is 7.05 Å². The van der Waals surface area contributed by atoms with E-state index in [-0.39, 0.29) is 17.3 Å². The highest BCUT2D eigenvalue weighted by Gasteiger charge is 2.25. The van der Waals surface area contributed by atoms with Gasteiger partial charge in [0, 0.05) is 13.1 Å². The lowest BCUT2D eigenvalue weighted by atomic mass is 9.97. The van der Waals surface area contributed by atoms with Gasteiger partial charge in [-0.15, -0.1) is 0 Å². The fourth-order valence-electron chi connectivity index (χ4n) is 2.69. The Hall–Kier alpha value is -1.42. The molecule has 0 saturated carbocycles. The van der Waals surface area contributed by atoms with Crippen LogP contribution in [0, 0.1) is 18.7 Å². The number of carbonyl (C=O) groups is 1. The van der Waals surface area contributed by atoms with E-state index in [2.05, 4.69) is 5.32 Å². The Labute approximate surface area is 113 Å². The molecule has 0 radical (unpaired) electrons. The zero-order chi connectivity index (χ0) is 13.8. The lowest BCUT2D eigenvalue weighted by Crippen LogP contribution is -2.42. The Bertz CT molecular complexity index is 459. The highest BCUT2D eigenvalue weighted by molar-refractivity contribution is 5.94. The van der Waals surface area contributed by atoms with E-state index < -0.39 is 0 Å². The first-order valence-electron chi connectivity index (χ1n) is 6.82. The van der Waals surface area contributed by atoms with E-state index in [4.69, 9.17) is 0 Å². The minimum Gasteiger partial charge on any atom is -0.338 e. The van der Waals surface area contributed by atoms with Gasteiger partial charge >= 0.3 is 0 Å². The minimum absolute atomic E-state index is 0.179. The van der Waals surface area contributed by atoms with Crippen molar-refractivity contribution in [1.29, 1.82) is 0 Å². The molecule has 19 heavy (non-hydrogen) atoms. The van der Waals surface area contributed by atoms with Crippen LogP contribution in [0.3, 0.4) is 0 Å². The fourth-order valence-corrected chi connectivity index (χ4v) is 2.69. The molecule has 3 nitrogen and oxygen atoms in total. The van der Waals surface area contributed by atoms with Crippen LogP contribution in [0.15, 0.2) is 18.2 Å². The van der Waals surface area contributed by atoms with E-state index in [9.17, 15) is 9.18 Å². The highest BCUT2D eigenvalue weighted by atomic mass is 19.1. The number of likely N-dealkylation sites (tertiary alicyclic amines) is 1. The van der Waals surface area contributed by atoms with Gasteiger partial charge in [0.1, 0.15) is 5.82 Å². The molecule has 1 aliphatic rings. The third kappa shape index (κ3) is 3.13. The SMILES string of the molecule is CNC[C@@H]1CCCN(C(=O)c2cccc(C)c2F)C1. The summed E-state index contributed by atoms with van der Waals surface area (Å²) in [6, 6.07) is 5.00. The second-order valence-electron chi connectivity index (χ2n) is 5.25. The lowest BCUT2D eigenvalue weighted by Gasteiger charge is -2.33. The molecule has 4 heteroatoms. The van der Waals surface area contributed by atoms with Gasteiger partial charge in [-0.1, -0.05) is 12.1 Å². The summed E-state index contributed by atoms with van der Waals surface area (Å²) in [5.41, 5.74) is 0.722. The predicted octanol–water partition coefficient (Wildman–Crippen LogP) is 2.21. The van der Waals surface area contributed by atoms with Crippen molar-refractivity contribution in [2.75, 3.05) is 26.7 Å². The van der Waals surface area contributed by atoms with E-state index in [0.29, 0.717) is 18.0 Å². The Kier molecular flexibility index (Phi) is 4.53. The van der Waals surface area contributed by atoms with Crippen LogP contribution in [0.5, 0.6) is 0 Å². The molecule has 0 spiro atoms. The fraction of sp³-hybridized carbons (Fsp3) is 0.533. The number of carbonyl (C=O) groups excluding carboxylic acids is 1. The molecule has 1 saturated heterocycles. The maximum absolute atomic E-state index is 14.0. The predicted molar refractivity (Wildman–Crippen MR) is 73.7 cm³/mol. The Morgan fingerprint density at radius 1 is 1.53 bits per heavy atom. The molecular weight excluding hydrogens is 243 g/mol. The van der Waals surface area contributed by atoms with Crippen molar-refractivity contribution in [2.45, 2.75) is 19.8 Å². The zero-order valence-corrected chi connectivity index (χ0v) is 11.6. The first-order valence-corrected chi connectivity index (χ1v) is 6.82. The van der Waals surface area contributed by atoms with Gasteiger partial charge in [-0.2, -0.15) is 0 Å². The molecule has 1 N–H and O–H groups in total. The van der Waals surface area contributed by atoms with Crippen molar-refractivity contribution < 1.29 is 9.18 Å². The molecule has 0 aromatic heterocycles. The molecule has 0 aliphatic carbocycles. The molecule has 1 amide bonds. The van der Waals surface area contributed by atoms with Crippen molar-refractivity contribution in [3.05, 3.63) is 35.1 Å². The van der Waals surface area contributed by atoms with Gasteiger partial charge in [-0.25, -0.2) is 4.39 Å². The summed E-state index contributed by atoms with van der Waals surface area (Å²) < 4.78 is 14.0. The smallest absolute Gasteiger partial charge is 0.256 e. The van der Waals surface area contributed by atoms with Gasteiger partial charge in [0.05, 0.1) is 5.56 Å². The molecule has 1 aromatic carbocycles. The number of hydrogen-bond acceptors (Lipinski definition) is 2. The van der Waals surface area contributed by atoms with Crippen LogP contribution < -0.4 is 5.32 Å². The third-order valence-electron chi connectivity index (χ3n) is 3.72. The Balaban J connectivity index is 2.12. The molecule has 1 aromatic rings. The van der Waals surface area contributed by atoms with Crippen LogP contribution >= 0.6 is 0 Å². The number of hydrogen-bond donors (Lipinski definition) is 1. The van der Waals surface area contributed by atoms with Gasteiger partial charge < -0.3 is 10.2 Å². The number of amides is 1. The van der Waals surface area contributed by atoms with Crippen molar-refractivity contribution in [1.82, 2.24) is 10.2 Å². The second-order valence-corrected chi connectivity index (χ2v) is 5.25. The molecule has 0 bridgehead atoms. The summed E-state index contributed by atoms with van der Waals surface area (Å²) in [5.74, 6) is -0.0965. The summed E-state index contributed by atoms with van der Waals surface area (Å²) in [6.07, 6.45) is 2.12. The van der Waals surface area contributed by atoms with Gasteiger partial charge in [-0.05, 0) is 50.9 Å². The van der Waals surface area contributed by atoms with Crippen LogP contribution in [0.2, 0.25) is 0 Å². The summed E-state index contributed by atoms with van der Waals surface area (Å²) in [4.78, 5) is 14.2. The molecule has 0 unspecified atom stereocenters. The normalized spacial score (nSPS) is 19.5. The van der Waals surface area contributed by atoms with Crippen LogP contribution in [0.4, 0.5) is 4.39 Å². The zero-order valence-electron chi connectivity index (χ0n) is 11.6. The van der Waals surface area contributed by atoms with Gasteiger partial charge in [0.15, 0.2) is 0 Å². The van der Waals surface area contributed by atoms with Crippen molar-refractivity contribution in [3.63, 3.8) is 0 Å². The summed E-state index contributed by atoms with van der Waals surface area (Å²) in [6.45, 7) is 4.03. The number of aryl methyl sites for hydroxylation is 1. The Morgan fingerprint density at radius 3 is 3.05 bits per heavy atom. The first kappa shape index (κ1) is 14.0. The van der Waals surface area contributed by atoms with E-state index in [1.165, 1.54) is 0 Å². The number of halogens is 1. The summed E-state index contributed by atoms with van der Waals surface area (Å²) in [5, 5.41) is 3.15. The topological polar surface area (TPSA) is 32.3 Å². The first-order chi connectivity index (χ1) is 9.13. The summed E-state index contributed by atoms with van der Waals surface area (Å²) in [7, 11) is 1.92. The maximum atomic E-state index is 14.0. The van der Waals surface area contributed by atoms with Crippen molar-refractivity contribution in [2.24, 2.45) is 5.92 Å². The largest absolute Gasteiger partial charge is 0.338 e. The number of nitrogens with zero attached hydrogens (tertiary/aromatic N) is 1. The molecule has 1 heterocycles. The van der Waals surface area contributed by atoms with E-state index >= 15 is 0 Å². The second kappa shape index (κ2) is 6.15.